The first-order chi connectivity index (χ1) is 9.72. The molecule has 1 unspecified atom stereocenters. The molecule has 3 nitrogen and oxygen atoms in total. The van der Waals surface area contributed by atoms with Gasteiger partial charge in [0.05, 0.1) is 13.2 Å². The SMILES string of the molecule is CCN(Cc1cccs1)CC(O)c1cccc(OC)c1. The van der Waals surface area contributed by atoms with Crippen molar-refractivity contribution in [1.82, 2.24) is 4.90 Å². The van der Waals surface area contributed by atoms with Crippen LogP contribution in [0.5, 0.6) is 5.75 Å². The standard InChI is InChI=1S/C16H21NO2S/c1-3-17(11-15-8-5-9-20-15)12-16(18)13-6-4-7-14(10-13)19-2/h4-10,16,18H,3,11-12H2,1-2H3. The summed E-state index contributed by atoms with van der Waals surface area (Å²) >= 11 is 1.75. The normalized spacial score (nSPS) is 12.6. The number of rotatable bonds is 7. The molecule has 1 aromatic heterocycles. The summed E-state index contributed by atoms with van der Waals surface area (Å²) in [6.07, 6.45) is -0.495. The van der Waals surface area contributed by atoms with Gasteiger partial charge in [0.25, 0.3) is 0 Å². The highest BCUT2D eigenvalue weighted by molar-refractivity contribution is 7.09. The summed E-state index contributed by atoms with van der Waals surface area (Å²) in [6.45, 7) is 4.54. The minimum Gasteiger partial charge on any atom is -0.497 e. The van der Waals surface area contributed by atoms with E-state index in [9.17, 15) is 5.11 Å². The van der Waals surface area contributed by atoms with Crippen molar-refractivity contribution in [2.45, 2.75) is 19.6 Å². The molecular formula is C16H21NO2S. The number of nitrogens with zero attached hydrogens (tertiary/aromatic N) is 1. The first-order valence-electron chi connectivity index (χ1n) is 6.79. The molecule has 0 saturated heterocycles. The van der Waals surface area contributed by atoms with E-state index in [1.54, 1.807) is 18.4 Å². The highest BCUT2D eigenvalue weighted by Crippen LogP contribution is 2.21. The minimum atomic E-state index is -0.495. The second-order valence-electron chi connectivity index (χ2n) is 4.70. The molecule has 1 heterocycles. The number of hydrogen-bond acceptors (Lipinski definition) is 4. The molecule has 4 heteroatoms. The molecule has 0 aliphatic rings. The van der Waals surface area contributed by atoms with Crippen molar-refractivity contribution in [3.8, 4) is 5.75 Å². The Hall–Kier alpha value is -1.36. The van der Waals surface area contributed by atoms with E-state index in [0.717, 1.165) is 24.4 Å². The van der Waals surface area contributed by atoms with Gasteiger partial charge in [0.2, 0.25) is 0 Å². The van der Waals surface area contributed by atoms with Crippen LogP contribution >= 0.6 is 11.3 Å². The number of likely N-dealkylation sites (N-methyl/N-ethyl adjacent to an activating group) is 1. The summed E-state index contributed by atoms with van der Waals surface area (Å²) in [6, 6.07) is 11.8. The molecule has 20 heavy (non-hydrogen) atoms. The van der Waals surface area contributed by atoms with Gasteiger partial charge >= 0.3 is 0 Å². The minimum absolute atomic E-state index is 0.495. The molecular weight excluding hydrogens is 270 g/mol. The predicted octanol–water partition coefficient (Wildman–Crippen LogP) is 3.31. The zero-order valence-corrected chi connectivity index (χ0v) is 12.8. The van der Waals surface area contributed by atoms with E-state index in [1.165, 1.54) is 4.88 Å². The monoisotopic (exact) mass is 291 g/mol. The summed E-state index contributed by atoms with van der Waals surface area (Å²) in [5.41, 5.74) is 0.897. The molecule has 108 valence electrons. The number of aliphatic hydroxyl groups excluding tert-OH is 1. The largest absolute Gasteiger partial charge is 0.497 e. The Bertz CT molecular complexity index is 513. The van der Waals surface area contributed by atoms with Crippen molar-refractivity contribution in [3.63, 3.8) is 0 Å². The average Bonchev–Trinajstić information content (AvgIpc) is 2.99. The highest BCUT2D eigenvalue weighted by atomic mass is 32.1. The topological polar surface area (TPSA) is 32.7 Å². The Labute approximate surface area is 124 Å². The van der Waals surface area contributed by atoms with E-state index < -0.39 is 6.10 Å². The second kappa shape index (κ2) is 7.43. The van der Waals surface area contributed by atoms with Crippen LogP contribution in [0.4, 0.5) is 0 Å². The lowest BCUT2D eigenvalue weighted by molar-refractivity contribution is 0.112. The maximum atomic E-state index is 10.4. The van der Waals surface area contributed by atoms with Gasteiger partial charge in [-0.15, -0.1) is 11.3 Å². The van der Waals surface area contributed by atoms with Gasteiger partial charge < -0.3 is 9.84 Å². The third kappa shape index (κ3) is 4.07. The van der Waals surface area contributed by atoms with Crippen LogP contribution in [0.25, 0.3) is 0 Å². The third-order valence-corrected chi connectivity index (χ3v) is 4.18. The van der Waals surface area contributed by atoms with Crippen molar-refractivity contribution in [1.29, 1.82) is 0 Å². The lowest BCUT2D eigenvalue weighted by Crippen LogP contribution is -2.27. The Morgan fingerprint density at radius 1 is 1.30 bits per heavy atom. The molecule has 0 spiro atoms. The summed E-state index contributed by atoms with van der Waals surface area (Å²) in [7, 11) is 1.64. The van der Waals surface area contributed by atoms with E-state index in [2.05, 4.69) is 29.3 Å². The molecule has 0 radical (unpaired) electrons. The molecule has 1 atom stereocenters. The number of aliphatic hydroxyl groups is 1. The lowest BCUT2D eigenvalue weighted by Gasteiger charge is -2.23. The molecule has 0 fully saturated rings. The first kappa shape index (κ1) is 15.0. The summed E-state index contributed by atoms with van der Waals surface area (Å²) in [4.78, 5) is 3.57. The zero-order chi connectivity index (χ0) is 14.4. The maximum absolute atomic E-state index is 10.4. The third-order valence-electron chi connectivity index (χ3n) is 3.32. The van der Waals surface area contributed by atoms with E-state index in [0.29, 0.717) is 6.54 Å². The van der Waals surface area contributed by atoms with Gasteiger partial charge in [-0.1, -0.05) is 25.1 Å². The van der Waals surface area contributed by atoms with Gasteiger partial charge in [0.1, 0.15) is 5.75 Å². The molecule has 0 aliphatic carbocycles. The first-order valence-corrected chi connectivity index (χ1v) is 7.67. The Balaban J connectivity index is 1.99. The summed E-state index contributed by atoms with van der Waals surface area (Å²) in [5, 5.41) is 12.5. The number of benzene rings is 1. The fourth-order valence-electron chi connectivity index (χ4n) is 2.13. The average molecular weight is 291 g/mol. The highest BCUT2D eigenvalue weighted by Gasteiger charge is 2.13. The fourth-order valence-corrected chi connectivity index (χ4v) is 2.87. The van der Waals surface area contributed by atoms with Crippen molar-refractivity contribution < 1.29 is 9.84 Å². The maximum Gasteiger partial charge on any atom is 0.119 e. The van der Waals surface area contributed by atoms with Gasteiger partial charge in [-0.2, -0.15) is 0 Å². The number of thiophene rings is 1. The van der Waals surface area contributed by atoms with E-state index in [-0.39, 0.29) is 0 Å². The Morgan fingerprint density at radius 2 is 2.15 bits per heavy atom. The van der Waals surface area contributed by atoms with Crippen LogP contribution in [-0.2, 0) is 6.54 Å². The van der Waals surface area contributed by atoms with Crippen molar-refractivity contribution in [2.75, 3.05) is 20.2 Å². The van der Waals surface area contributed by atoms with Gasteiger partial charge in [-0.05, 0) is 35.7 Å². The van der Waals surface area contributed by atoms with Crippen LogP contribution in [-0.4, -0.2) is 30.2 Å². The second-order valence-corrected chi connectivity index (χ2v) is 5.73. The van der Waals surface area contributed by atoms with E-state index in [1.807, 2.05) is 24.3 Å². The quantitative estimate of drug-likeness (QED) is 0.849. The summed E-state index contributed by atoms with van der Waals surface area (Å²) in [5.74, 6) is 0.780. The molecule has 0 amide bonds. The van der Waals surface area contributed by atoms with E-state index >= 15 is 0 Å². The van der Waals surface area contributed by atoms with Crippen LogP contribution in [0.2, 0.25) is 0 Å². The molecule has 1 N–H and O–H groups in total. The molecule has 2 rings (SSSR count). The molecule has 2 aromatic rings. The number of hydrogen-bond donors (Lipinski definition) is 1. The predicted molar refractivity (Wildman–Crippen MR) is 83.2 cm³/mol. The smallest absolute Gasteiger partial charge is 0.119 e. The summed E-state index contributed by atoms with van der Waals surface area (Å²) < 4.78 is 5.20. The Morgan fingerprint density at radius 3 is 2.80 bits per heavy atom. The van der Waals surface area contributed by atoms with Crippen molar-refractivity contribution in [2.24, 2.45) is 0 Å². The lowest BCUT2D eigenvalue weighted by atomic mass is 10.1. The van der Waals surface area contributed by atoms with Crippen molar-refractivity contribution >= 4 is 11.3 Å². The van der Waals surface area contributed by atoms with Gasteiger partial charge in [0, 0.05) is 18.0 Å². The molecule has 1 aromatic carbocycles. The number of ether oxygens (including phenoxy) is 1. The molecule has 0 saturated carbocycles. The van der Waals surface area contributed by atoms with Crippen LogP contribution in [0, 0.1) is 0 Å². The fraction of sp³-hybridized carbons (Fsp3) is 0.375. The van der Waals surface area contributed by atoms with Crippen LogP contribution in [0.3, 0.4) is 0 Å². The van der Waals surface area contributed by atoms with Crippen LogP contribution < -0.4 is 4.74 Å². The van der Waals surface area contributed by atoms with Gasteiger partial charge in [-0.3, -0.25) is 4.90 Å². The van der Waals surface area contributed by atoms with E-state index in [4.69, 9.17) is 4.74 Å². The zero-order valence-electron chi connectivity index (χ0n) is 12.0. The van der Waals surface area contributed by atoms with Gasteiger partial charge in [0.15, 0.2) is 0 Å². The molecule has 0 bridgehead atoms. The molecule has 0 aliphatic heterocycles. The number of methoxy groups -OCH3 is 1. The van der Waals surface area contributed by atoms with Gasteiger partial charge in [-0.25, -0.2) is 0 Å². The van der Waals surface area contributed by atoms with Crippen LogP contribution in [0.1, 0.15) is 23.5 Å². The van der Waals surface area contributed by atoms with Crippen molar-refractivity contribution in [3.05, 3.63) is 52.2 Å². The van der Waals surface area contributed by atoms with Crippen LogP contribution in [0.15, 0.2) is 41.8 Å². The Kier molecular flexibility index (Phi) is 5.59.